The number of aromatic nitrogens is 1. The Labute approximate surface area is 132 Å². The standard InChI is InChI=1S/C16H17NO2S2/c1-3-11-5-7-12(8-6-11)9-14-13(17-16(20)21-14)10-15(18)19-4-2/h5-10H,3-4H2,1-2H3,(H,17,20)/b13-10-,14-9-. The van der Waals surface area contributed by atoms with Crippen LogP contribution in [0.5, 0.6) is 0 Å². The average molecular weight is 319 g/mol. The predicted molar refractivity (Wildman–Crippen MR) is 89.2 cm³/mol. The number of H-pyrrole nitrogens is 1. The average Bonchev–Trinajstić information content (AvgIpc) is 2.79. The van der Waals surface area contributed by atoms with Gasteiger partial charge in [0.15, 0.2) is 3.95 Å². The number of thiazole rings is 1. The topological polar surface area (TPSA) is 42.1 Å². The number of rotatable bonds is 4. The third-order valence-electron chi connectivity index (χ3n) is 2.94. The molecule has 5 heteroatoms. The summed E-state index contributed by atoms with van der Waals surface area (Å²) in [6, 6.07) is 8.34. The normalized spacial score (nSPS) is 12.7. The molecule has 1 heterocycles. The van der Waals surface area contributed by atoms with E-state index in [0.29, 0.717) is 15.9 Å². The SMILES string of the molecule is CCOC(=O)/C=c1\[nH]c(=S)s\c1=C/c1ccc(CC)cc1. The summed E-state index contributed by atoms with van der Waals surface area (Å²) in [5.74, 6) is -0.363. The quantitative estimate of drug-likeness (QED) is 0.695. The fourth-order valence-electron chi connectivity index (χ4n) is 1.87. The molecule has 0 fully saturated rings. The minimum atomic E-state index is -0.363. The molecule has 0 atom stereocenters. The molecule has 0 spiro atoms. The molecule has 1 aromatic heterocycles. The van der Waals surface area contributed by atoms with Crippen LogP contribution in [0.15, 0.2) is 24.3 Å². The number of benzene rings is 1. The zero-order valence-corrected chi connectivity index (χ0v) is 13.6. The van der Waals surface area contributed by atoms with Gasteiger partial charge in [-0.25, -0.2) is 4.79 Å². The zero-order chi connectivity index (χ0) is 15.2. The van der Waals surface area contributed by atoms with Gasteiger partial charge in [0.2, 0.25) is 0 Å². The Bertz CT molecular complexity index is 785. The Kier molecular flexibility index (Phi) is 5.47. The second kappa shape index (κ2) is 7.33. The Morgan fingerprint density at radius 3 is 2.67 bits per heavy atom. The van der Waals surface area contributed by atoms with E-state index < -0.39 is 0 Å². The highest BCUT2D eigenvalue weighted by atomic mass is 32.1. The van der Waals surface area contributed by atoms with Crippen molar-refractivity contribution >= 4 is 41.7 Å². The van der Waals surface area contributed by atoms with Crippen LogP contribution >= 0.6 is 23.6 Å². The van der Waals surface area contributed by atoms with Crippen LogP contribution in [0.2, 0.25) is 0 Å². The van der Waals surface area contributed by atoms with E-state index in [1.807, 2.05) is 6.08 Å². The van der Waals surface area contributed by atoms with Gasteiger partial charge in [-0.1, -0.05) is 31.2 Å². The molecule has 0 aliphatic heterocycles. The van der Waals surface area contributed by atoms with Crippen molar-refractivity contribution in [1.82, 2.24) is 4.98 Å². The van der Waals surface area contributed by atoms with Crippen LogP contribution < -0.4 is 9.88 Å². The molecule has 0 aliphatic carbocycles. The number of carbonyl (C=O) groups excluding carboxylic acids is 1. The van der Waals surface area contributed by atoms with E-state index in [9.17, 15) is 4.79 Å². The third kappa shape index (κ3) is 4.37. The molecule has 0 radical (unpaired) electrons. The first-order valence-corrected chi connectivity index (χ1v) is 8.03. The van der Waals surface area contributed by atoms with E-state index in [4.69, 9.17) is 17.0 Å². The highest BCUT2D eigenvalue weighted by Crippen LogP contribution is 2.05. The lowest BCUT2D eigenvalue weighted by atomic mass is 10.1. The smallest absolute Gasteiger partial charge is 0.332 e. The van der Waals surface area contributed by atoms with Crippen LogP contribution in [0.25, 0.3) is 12.2 Å². The van der Waals surface area contributed by atoms with Crippen molar-refractivity contribution in [1.29, 1.82) is 0 Å². The van der Waals surface area contributed by atoms with Crippen LogP contribution in [0.3, 0.4) is 0 Å². The first-order chi connectivity index (χ1) is 10.1. The van der Waals surface area contributed by atoms with Gasteiger partial charge in [0.25, 0.3) is 0 Å². The monoisotopic (exact) mass is 319 g/mol. The molecule has 0 saturated carbocycles. The molecule has 0 bridgehead atoms. The maximum atomic E-state index is 11.6. The van der Waals surface area contributed by atoms with Gasteiger partial charge in [-0.3, -0.25) is 0 Å². The summed E-state index contributed by atoms with van der Waals surface area (Å²) in [4.78, 5) is 14.6. The van der Waals surface area contributed by atoms with Crippen LogP contribution in [0.1, 0.15) is 25.0 Å². The van der Waals surface area contributed by atoms with Crippen LogP contribution in [-0.4, -0.2) is 17.6 Å². The summed E-state index contributed by atoms with van der Waals surface area (Å²) >= 11 is 6.61. The number of aryl methyl sites for hydroxylation is 1. The molecular weight excluding hydrogens is 302 g/mol. The van der Waals surface area contributed by atoms with E-state index in [-0.39, 0.29) is 5.97 Å². The predicted octanol–water partition coefficient (Wildman–Crippen LogP) is 2.54. The van der Waals surface area contributed by atoms with Crippen LogP contribution in [0, 0.1) is 3.95 Å². The van der Waals surface area contributed by atoms with Gasteiger partial charge in [-0.05, 0) is 42.8 Å². The molecule has 0 aliphatic rings. The minimum absolute atomic E-state index is 0.359. The Hall–Kier alpha value is -1.72. The van der Waals surface area contributed by atoms with Crippen LogP contribution in [0.4, 0.5) is 0 Å². The lowest BCUT2D eigenvalue weighted by molar-refractivity contribution is -0.135. The molecule has 0 saturated heterocycles. The summed E-state index contributed by atoms with van der Waals surface area (Å²) in [6.07, 6.45) is 4.48. The number of aromatic amines is 1. The highest BCUT2D eigenvalue weighted by Gasteiger charge is 1.98. The molecule has 2 rings (SSSR count). The van der Waals surface area contributed by atoms with Crippen molar-refractivity contribution in [3.05, 3.63) is 49.2 Å². The fourth-order valence-corrected chi connectivity index (χ4v) is 3.02. The molecule has 0 amide bonds. The second-order valence-corrected chi connectivity index (χ2v) is 6.15. The summed E-state index contributed by atoms with van der Waals surface area (Å²) in [7, 11) is 0. The van der Waals surface area contributed by atoms with E-state index in [2.05, 4.69) is 36.2 Å². The zero-order valence-electron chi connectivity index (χ0n) is 12.0. The number of esters is 1. The number of hydrogen-bond donors (Lipinski definition) is 1. The van der Waals surface area contributed by atoms with Gasteiger partial charge >= 0.3 is 5.97 Å². The number of ether oxygens (including phenoxy) is 1. The maximum Gasteiger partial charge on any atom is 0.332 e. The molecule has 0 unspecified atom stereocenters. The summed E-state index contributed by atoms with van der Waals surface area (Å²) in [5.41, 5.74) is 2.38. The van der Waals surface area contributed by atoms with Gasteiger partial charge in [-0.2, -0.15) is 0 Å². The first-order valence-electron chi connectivity index (χ1n) is 6.80. The molecule has 110 valence electrons. The first kappa shape index (κ1) is 15.7. The molecule has 2 aromatic rings. The van der Waals surface area contributed by atoms with E-state index in [1.54, 1.807) is 6.92 Å². The molecule has 21 heavy (non-hydrogen) atoms. The van der Waals surface area contributed by atoms with Crippen molar-refractivity contribution < 1.29 is 9.53 Å². The summed E-state index contributed by atoms with van der Waals surface area (Å²) < 4.78 is 6.50. The number of nitrogens with one attached hydrogen (secondary N) is 1. The van der Waals surface area contributed by atoms with E-state index in [0.717, 1.165) is 16.5 Å². The van der Waals surface area contributed by atoms with Crippen molar-refractivity contribution in [2.75, 3.05) is 6.61 Å². The fraction of sp³-hybridized carbons (Fsp3) is 0.250. The Balaban J connectivity index is 2.45. The lowest BCUT2D eigenvalue weighted by Crippen LogP contribution is -2.23. The van der Waals surface area contributed by atoms with Gasteiger partial charge in [0, 0.05) is 6.08 Å². The Morgan fingerprint density at radius 1 is 1.33 bits per heavy atom. The number of hydrogen-bond acceptors (Lipinski definition) is 4. The van der Waals surface area contributed by atoms with Gasteiger partial charge in [0.05, 0.1) is 16.5 Å². The van der Waals surface area contributed by atoms with Gasteiger partial charge in [-0.15, -0.1) is 11.3 Å². The number of carbonyl (C=O) groups is 1. The van der Waals surface area contributed by atoms with Gasteiger partial charge in [0.1, 0.15) is 0 Å². The molecular formula is C16H17NO2S2. The van der Waals surface area contributed by atoms with Crippen LogP contribution in [-0.2, 0) is 16.0 Å². The van der Waals surface area contributed by atoms with Crippen molar-refractivity contribution in [3.8, 4) is 0 Å². The minimum Gasteiger partial charge on any atom is -0.463 e. The van der Waals surface area contributed by atoms with Crippen molar-refractivity contribution in [2.45, 2.75) is 20.3 Å². The highest BCUT2D eigenvalue weighted by molar-refractivity contribution is 7.73. The molecule has 1 aromatic carbocycles. The molecule has 1 N–H and O–H groups in total. The van der Waals surface area contributed by atoms with Crippen molar-refractivity contribution in [3.63, 3.8) is 0 Å². The van der Waals surface area contributed by atoms with Crippen molar-refractivity contribution in [2.24, 2.45) is 0 Å². The molecule has 3 nitrogen and oxygen atoms in total. The van der Waals surface area contributed by atoms with E-state index in [1.165, 1.54) is 23.0 Å². The summed E-state index contributed by atoms with van der Waals surface area (Å²) in [5, 5.41) is 0.697. The second-order valence-electron chi connectivity index (χ2n) is 4.43. The van der Waals surface area contributed by atoms with E-state index >= 15 is 0 Å². The maximum absolute atomic E-state index is 11.6. The van der Waals surface area contributed by atoms with Gasteiger partial charge < -0.3 is 9.72 Å². The third-order valence-corrected chi connectivity index (χ3v) is 4.14. The lowest BCUT2D eigenvalue weighted by Gasteiger charge is -1.96. The Morgan fingerprint density at radius 2 is 2.05 bits per heavy atom. The summed E-state index contributed by atoms with van der Waals surface area (Å²) in [6.45, 7) is 4.27. The largest absolute Gasteiger partial charge is 0.463 e.